The molecular weight excluding hydrogens is 350 g/mol. The van der Waals surface area contributed by atoms with E-state index in [1.54, 1.807) is 36.9 Å². The normalized spacial score (nSPS) is 15.5. The van der Waals surface area contributed by atoms with Gasteiger partial charge in [0.05, 0.1) is 6.04 Å². The fourth-order valence-corrected chi connectivity index (χ4v) is 3.68. The molecule has 1 aliphatic rings. The molecule has 0 bridgehead atoms. The largest absolute Gasteiger partial charge is 0.378 e. The summed E-state index contributed by atoms with van der Waals surface area (Å²) in [5, 5.41) is 15.2. The number of hydrogen-bond donors (Lipinski definition) is 2. The summed E-state index contributed by atoms with van der Waals surface area (Å²) in [4.78, 5) is 21.3. The number of carbonyl (C=O) groups excluding carboxylic acids is 1. The Hall–Kier alpha value is -3.05. The number of amides is 1. The lowest BCUT2D eigenvalue weighted by molar-refractivity contribution is -0.130. The molecule has 4 rings (SSSR count). The average molecular weight is 373 g/mol. The zero-order chi connectivity index (χ0) is 19.4. The van der Waals surface area contributed by atoms with E-state index in [9.17, 15) is 9.90 Å². The number of aliphatic hydroxyl groups is 1. The third-order valence-corrected chi connectivity index (χ3v) is 5.52. The summed E-state index contributed by atoms with van der Waals surface area (Å²) in [7, 11) is 0. The van der Waals surface area contributed by atoms with Gasteiger partial charge in [0.2, 0.25) is 5.91 Å². The molecule has 142 valence electrons. The zero-order valence-electron chi connectivity index (χ0n) is 15.5. The Morgan fingerprint density at radius 3 is 2.04 bits per heavy atom. The predicted octanol–water partition coefficient (Wildman–Crippen LogP) is 3.37. The van der Waals surface area contributed by atoms with E-state index < -0.39 is 11.6 Å². The molecule has 5 heteroatoms. The van der Waals surface area contributed by atoms with Gasteiger partial charge in [0.15, 0.2) is 0 Å². The van der Waals surface area contributed by atoms with Crippen molar-refractivity contribution in [3.8, 4) is 0 Å². The summed E-state index contributed by atoms with van der Waals surface area (Å²) in [5.41, 5.74) is 0.519. The Balaban J connectivity index is 1.84. The summed E-state index contributed by atoms with van der Waals surface area (Å²) in [5.74, 6) is -0.00966. The molecule has 0 radical (unpaired) electrons. The van der Waals surface area contributed by atoms with Crippen molar-refractivity contribution < 1.29 is 9.90 Å². The van der Waals surface area contributed by atoms with Gasteiger partial charge in [-0.25, -0.2) is 0 Å². The molecule has 28 heavy (non-hydrogen) atoms. The topological polar surface area (TPSA) is 75.1 Å². The summed E-state index contributed by atoms with van der Waals surface area (Å²) >= 11 is 0. The lowest BCUT2D eigenvalue weighted by atomic mass is 9.77. The van der Waals surface area contributed by atoms with Crippen molar-refractivity contribution in [2.24, 2.45) is 5.92 Å². The van der Waals surface area contributed by atoms with Gasteiger partial charge in [-0.05, 0) is 30.5 Å². The van der Waals surface area contributed by atoms with Crippen molar-refractivity contribution in [3.63, 3.8) is 0 Å². The Morgan fingerprint density at radius 2 is 1.57 bits per heavy atom. The highest BCUT2D eigenvalue weighted by atomic mass is 16.3. The van der Waals surface area contributed by atoms with E-state index in [2.05, 4.69) is 15.3 Å². The van der Waals surface area contributed by atoms with Crippen LogP contribution in [-0.2, 0) is 10.4 Å². The number of benzene rings is 1. The Morgan fingerprint density at radius 1 is 0.964 bits per heavy atom. The number of aromatic nitrogens is 2. The van der Waals surface area contributed by atoms with Crippen LogP contribution < -0.4 is 5.32 Å². The van der Waals surface area contributed by atoms with Gasteiger partial charge < -0.3 is 10.4 Å². The predicted molar refractivity (Wildman–Crippen MR) is 106 cm³/mol. The van der Waals surface area contributed by atoms with Gasteiger partial charge in [-0.1, -0.05) is 48.9 Å². The maximum Gasteiger partial charge on any atom is 0.223 e. The van der Waals surface area contributed by atoms with Crippen molar-refractivity contribution in [2.75, 3.05) is 0 Å². The highest BCUT2D eigenvalue weighted by Crippen LogP contribution is 2.41. The summed E-state index contributed by atoms with van der Waals surface area (Å²) in [6.45, 7) is 0. The van der Waals surface area contributed by atoms with Gasteiger partial charge >= 0.3 is 0 Å². The molecule has 2 heterocycles. The maximum absolute atomic E-state index is 12.9. The minimum absolute atomic E-state index is 0.0123. The third kappa shape index (κ3) is 3.41. The van der Waals surface area contributed by atoms with E-state index in [1.807, 2.05) is 42.5 Å². The second kappa shape index (κ2) is 7.90. The summed E-state index contributed by atoms with van der Waals surface area (Å²) in [6.07, 6.45) is 9.47. The first-order chi connectivity index (χ1) is 13.7. The number of nitrogens with one attached hydrogen (secondary N) is 1. The number of rotatable bonds is 6. The maximum atomic E-state index is 12.9. The fraction of sp³-hybridized carbons (Fsp3) is 0.261. The van der Waals surface area contributed by atoms with Crippen LogP contribution in [0, 0.1) is 5.92 Å². The molecule has 1 saturated carbocycles. The average Bonchev–Trinajstić information content (AvgIpc) is 2.72. The number of pyridine rings is 2. The number of nitrogens with zero attached hydrogens (tertiary/aromatic N) is 2. The standard InChI is InChI=1S/C23H23N3O2/c27-22(18-9-4-10-18)26-21(17-7-2-1-3-8-17)23(28,19-11-5-13-24-15-19)20-12-6-14-25-16-20/h1-3,5-8,11-16,18,21,28H,4,9-10H2,(H,26,27). The molecule has 0 aliphatic heterocycles. The van der Waals surface area contributed by atoms with E-state index in [0.717, 1.165) is 24.8 Å². The number of carbonyl (C=O) groups is 1. The second-order valence-corrected chi connectivity index (χ2v) is 7.23. The van der Waals surface area contributed by atoms with Gasteiger partial charge in [-0.3, -0.25) is 14.8 Å². The quantitative estimate of drug-likeness (QED) is 0.695. The van der Waals surface area contributed by atoms with Gasteiger partial charge in [-0.15, -0.1) is 0 Å². The first-order valence-electron chi connectivity index (χ1n) is 9.58. The highest BCUT2D eigenvalue weighted by Gasteiger charge is 2.43. The molecule has 1 aromatic carbocycles. The molecule has 3 aromatic rings. The first kappa shape index (κ1) is 18.3. The van der Waals surface area contributed by atoms with Gasteiger partial charge in [0.25, 0.3) is 0 Å². The Bertz CT molecular complexity index is 873. The van der Waals surface area contributed by atoms with E-state index in [0.29, 0.717) is 11.1 Å². The van der Waals surface area contributed by atoms with Crippen LogP contribution in [0.2, 0.25) is 0 Å². The fourth-order valence-electron chi connectivity index (χ4n) is 3.68. The lowest BCUT2D eigenvalue weighted by Gasteiger charge is -2.39. The second-order valence-electron chi connectivity index (χ2n) is 7.23. The van der Waals surface area contributed by atoms with Crippen molar-refractivity contribution in [2.45, 2.75) is 30.9 Å². The van der Waals surface area contributed by atoms with Crippen molar-refractivity contribution in [1.29, 1.82) is 0 Å². The minimum atomic E-state index is -1.51. The van der Waals surface area contributed by atoms with Crippen LogP contribution in [0.15, 0.2) is 79.4 Å². The van der Waals surface area contributed by atoms with Crippen LogP contribution in [0.25, 0.3) is 0 Å². The molecule has 5 nitrogen and oxygen atoms in total. The zero-order valence-corrected chi connectivity index (χ0v) is 15.5. The minimum Gasteiger partial charge on any atom is -0.378 e. The van der Waals surface area contributed by atoms with E-state index in [1.165, 1.54) is 0 Å². The van der Waals surface area contributed by atoms with Crippen LogP contribution in [0.3, 0.4) is 0 Å². The van der Waals surface area contributed by atoms with Crippen molar-refractivity contribution in [3.05, 3.63) is 96.1 Å². The first-order valence-corrected chi connectivity index (χ1v) is 9.58. The van der Waals surface area contributed by atoms with Crippen molar-refractivity contribution >= 4 is 5.91 Å². The Kier molecular flexibility index (Phi) is 5.17. The van der Waals surface area contributed by atoms with E-state index in [-0.39, 0.29) is 11.8 Å². The van der Waals surface area contributed by atoms with Crippen LogP contribution in [0.4, 0.5) is 0 Å². The number of hydrogen-bond acceptors (Lipinski definition) is 4. The monoisotopic (exact) mass is 373 g/mol. The van der Waals surface area contributed by atoms with Gasteiger partial charge in [-0.2, -0.15) is 0 Å². The van der Waals surface area contributed by atoms with Crippen LogP contribution in [0.1, 0.15) is 42.0 Å². The molecule has 1 fully saturated rings. The summed E-state index contributed by atoms with van der Waals surface area (Å²) in [6, 6.07) is 16.1. The molecule has 2 aromatic heterocycles. The highest BCUT2D eigenvalue weighted by molar-refractivity contribution is 5.80. The van der Waals surface area contributed by atoms with Crippen LogP contribution >= 0.6 is 0 Å². The smallest absolute Gasteiger partial charge is 0.223 e. The van der Waals surface area contributed by atoms with E-state index >= 15 is 0 Å². The molecule has 1 unspecified atom stereocenters. The summed E-state index contributed by atoms with van der Waals surface area (Å²) < 4.78 is 0. The molecule has 0 saturated heterocycles. The van der Waals surface area contributed by atoms with Gasteiger partial charge in [0.1, 0.15) is 5.60 Å². The molecule has 1 atom stereocenters. The van der Waals surface area contributed by atoms with Crippen molar-refractivity contribution in [1.82, 2.24) is 15.3 Å². The van der Waals surface area contributed by atoms with Crippen LogP contribution in [-0.4, -0.2) is 21.0 Å². The third-order valence-electron chi connectivity index (χ3n) is 5.52. The van der Waals surface area contributed by atoms with Crippen LogP contribution in [0.5, 0.6) is 0 Å². The van der Waals surface area contributed by atoms with E-state index in [4.69, 9.17) is 0 Å². The Labute approximate surface area is 164 Å². The molecule has 2 N–H and O–H groups in total. The molecular formula is C23H23N3O2. The SMILES string of the molecule is O=C(NC(c1ccccc1)C(O)(c1cccnc1)c1cccnc1)C1CCC1. The van der Waals surface area contributed by atoms with Gasteiger partial charge in [0, 0.05) is 41.8 Å². The molecule has 1 aliphatic carbocycles. The molecule has 1 amide bonds. The molecule has 0 spiro atoms. The lowest BCUT2D eigenvalue weighted by Crippen LogP contribution is -2.47.